The van der Waals surface area contributed by atoms with Gasteiger partial charge in [0, 0.05) is 43.5 Å². The van der Waals surface area contributed by atoms with Crippen molar-refractivity contribution < 1.29 is 34.1 Å². The molecule has 48 heavy (non-hydrogen) atoms. The number of carboxylic acid groups (broad SMARTS) is 1. The minimum absolute atomic E-state index is 0.107. The predicted octanol–water partition coefficient (Wildman–Crippen LogP) is 5.96. The van der Waals surface area contributed by atoms with Crippen LogP contribution in [0, 0.1) is 5.92 Å². The number of amides is 3. The number of carbonyl (C=O) groups excluding carboxylic acids is 2. The van der Waals surface area contributed by atoms with Gasteiger partial charge in [-0.05, 0) is 88.2 Å². The number of urea groups is 1. The van der Waals surface area contributed by atoms with Gasteiger partial charge in [0.1, 0.15) is 5.75 Å². The van der Waals surface area contributed by atoms with Gasteiger partial charge in [0.25, 0.3) is 5.91 Å². The van der Waals surface area contributed by atoms with Crippen molar-refractivity contribution in [3.05, 3.63) is 89.5 Å². The molecule has 4 N–H and O–H groups in total. The van der Waals surface area contributed by atoms with Crippen LogP contribution in [0.5, 0.6) is 5.75 Å². The highest BCUT2D eigenvalue weighted by Crippen LogP contribution is 2.29. The van der Waals surface area contributed by atoms with E-state index in [1.807, 2.05) is 51.2 Å². The molecule has 0 saturated heterocycles. The molecule has 1 aliphatic rings. The van der Waals surface area contributed by atoms with E-state index in [2.05, 4.69) is 15.5 Å². The lowest BCUT2D eigenvalue weighted by Gasteiger charge is -2.36. The van der Waals surface area contributed by atoms with Gasteiger partial charge in [-0.1, -0.05) is 37.3 Å². The van der Waals surface area contributed by atoms with Crippen molar-refractivity contribution in [3.8, 4) is 5.75 Å². The Morgan fingerprint density at radius 1 is 1.00 bits per heavy atom. The number of nitrogens with zero attached hydrogens (tertiary/aromatic N) is 2. The Bertz CT molecular complexity index is 1500. The fourth-order valence-corrected chi connectivity index (χ4v) is 5.71. The zero-order valence-electron chi connectivity index (χ0n) is 28.2. The molecule has 0 radical (unpaired) electrons. The molecule has 11 heteroatoms. The average Bonchev–Trinajstić information content (AvgIpc) is 3.06. The zero-order valence-corrected chi connectivity index (χ0v) is 28.2. The highest BCUT2D eigenvalue weighted by atomic mass is 16.5. The Balaban J connectivity index is 1.57. The number of hydrogen-bond acceptors (Lipinski definition) is 7. The quantitative estimate of drug-likeness (QED) is 0.221. The first-order valence-electron chi connectivity index (χ1n) is 16.5. The van der Waals surface area contributed by atoms with E-state index in [0.29, 0.717) is 48.9 Å². The molecule has 3 aromatic carbocycles. The number of ether oxygens (including phenoxy) is 2. The number of nitrogens with one attached hydrogen (secondary N) is 2. The minimum atomic E-state index is -0.960. The topological polar surface area (TPSA) is 141 Å². The van der Waals surface area contributed by atoms with E-state index in [1.54, 1.807) is 54.3 Å². The van der Waals surface area contributed by atoms with Gasteiger partial charge in [0.05, 0.1) is 36.0 Å². The van der Waals surface area contributed by atoms with Crippen LogP contribution in [0.15, 0.2) is 72.8 Å². The number of aromatic carboxylic acids is 1. The van der Waals surface area contributed by atoms with Crippen molar-refractivity contribution in [3.63, 3.8) is 0 Å². The van der Waals surface area contributed by atoms with Crippen LogP contribution < -0.4 is 15.4 Å². The Morgan fingerprint density at radius 3 is 2.40 bits per heavy atom. The van der Waals surface area contributed by atoms with Crippen molar-refractivity contribution in [1.29, 1.82) is 0 Å². The number of anilines is 2. The predicted molar refractivity (Wildman–Crippen MR) is 186 cm³/mol. The van der Waals surface area contributed by atoms with Gasteiger partial charge < -0.3 is 35.2 Å². The van der Waals surface area contributed by atoms with E-state index >= 15 is 0 Å². The Hall–Kier alpha value is -4.45. The maximum atomic E-state index is 14.3. The lowest BCUT2D eigenvalue weighted by molar-refractivity contribution is -0.0177. The van der Waals surface area contributed by atoms with Crippen LogP contribution >= 0.6 is 0 Å². The molecule has 11 nitrogen and oxygen atoms in total. The number of hydrogen-bond donors (Lipinski definition) is 4. The number of carboxylic acids is 1. The van der Waals surface area contributed by atoms with Gasteiger partial charge in [-0.15, -0.1) is 0 Å². The lowest BCUT2D eigenvalue weighted by Crippen LogP contribution is -2.47. The Labute approximate surface area is 282 Å². The summed E-state index contributed by atoms with van der Waals surface area (Å²) in [6.45, 7) is 7.63. The average molecular weight is 661 g/mol. The monoisotopic (exact) mass is 660 g/mol. The number of aliphatic hydroxyl groups excluding tert-OH is 1. The van der Waals surface area contributed by atoms with E-state index in [9.17, 15) is 24.6 Å². The molecule has 0 spiro atoms. The van der Waals surface area contributed by atoms with Crippen molar-refractivity contribution >= 4 is 29.3 Å². The Kier molecular flexibility index (Phi) is 13.4. The van der Waals surface area contributed by atoms with Crippen LogP contribution in [-0.4, -0.2) is 89.5 Å². The van der Waals surface area contributed by atoms with Crippen molar-refractivity contribution in [2.45, 2.75) is 64.8 Å². The lowest BCUT2D eigenvalue weighted by atomic mass is 10.0. The standard InChI is InChI=1S/C37H48N4O7/c1-25-21-41(26(2)24-42)35(43)32-20-31(39-37(46)38-30-11-6-5-7-12-30)17-18-33(32)48-27(3)10-8-9-19-47-34(25)23-40(4)22-28-13-15-29(16-14-28)36(44)45/h5-7,11-18,20,25-27,34,42H,8-10,19,21-24H2,1-4H3,(H,44,45)(H2,38,39,46)/t25-,26+,27+,34+/m1/s1. The fourth-order valence-electron chi connectivity index (χ4n) is 5.71. The summed E-state index contributed by atoms with van der Waals surface area (Å²) in [4.78, 5) is 42.2. The van der Waals surface area contributed by atoms with Crippen molar-refractivity contribution in [2.24, 2.45) is 5.92 Å². The molecule has 0 fully saturated rings. The summed E-state index contributed by atoms with van der Waals surface area (Å²) in [5, 5.41) is 25.1. The number of fused-ring (bicyclic) bond motifs is 1. The van der Waals surface area contributed by atoms with E-state index in [0.717, 1.165) is 24.8 Å². The smallest absolute Gasteiger partial charge is 0.335 e. The molecular weight excluding hydrogens is 612 g/mol. The summed E-state index contributed by atoms with van der Waals surface area (Å²) in [5.74, 6) is -0.968. The summed E-state index contributed by atoms with van der Waals surface area (Å²) >= 11 is 0. The molecule has 0 aromatic heterocycles. The van der Waals surface area contributed by atoms with E-state index in [4.69, 9.17) is 9.47 Å². The van der Waals surface area contributed by atoms with Gasteiger partial charge >= 0.3 is 12.0 Å². The van der Waals surface area contributed by atoms with Crippen molar-refractivity contribution in [1.82, 2.24) is 9.80 Å². The molecule has 0 bridgehead atoms. The molecule has 0 aliphatic carbocycles. The molecule has 4 atom stereocenters. The summed E-state index contributed by atoms with van der Waals surface area (Å²) in [5.41, 5.74) is 2.58. The maximum Gasteiger partial charge on any atom is 0.335 e. The SMILES string of the molecule is C[C@@H]1CN([C@@H](C)CO)C(=O)c2cc(NC(=O)Nc3ccccc3)ccc2O[C@@H](C)CCCCO[C@H]1CN(C)Cc1ccc(C(=O)O)cc1. The molecule has 4 rings (SSSR count). The second kappa shape index (κ2) is 17.6. The molecule has 3 amide bonds. The molecule has 3 aromatic rings. The number of carbonyl (C=O) groups is 3. The van der Waals surface area contributed by atoms with E-state index in [-0.39, 0.29) is 36.2 Å². The molecule has 1 aliphatic heterocycles. The van der Waals surface area contributed by atoms with E-state index < -0.39 is 18.0 Å². The first-order chi connectivity index (χ1) is 23.0. The molecule has 0 unspecified atom stereocenters. The van der Waals surface area contributed by atoms with Gasteiger partial charge in [-0.2, -0.15) is 0 Å². The van der Waals surface area contributed by atoms with Crippen LogP contribution in [-0.2, 0) is 11.3 Å². The number of rotatable bonds is 9. The van der Waals surface area contributed by atoms with Gasteiger partial charge in [-0.25, -0.2) is 9.59 Å². The summed E-state index contributed by atoms with van der Waals surface area (Å²) < 4.78 is 12.7. The fraction of sp³-hybridized carbons (Fsp3) is 0.432. The third-order valence-electron chi connectivity index (χ3n) is 8.49. The number of para-hydroxylation sites is 1. The van der Waals surface area contributed by atoms with E-state index in [1.165, 1.54) is 0 Å². The largest absolute Gasteiger partial charge is 0.490 e. The third-order valence-corrected chi connectivity index (χ3v) is 8.49. The highest BCUT2D eigenvalue weighted by Gasteiger charge is 2.30. The highest BCUT2D eigenvalue weighted by molar-refractivity contribution is 6.02. The third kappa shape index (κ3) is 10.5. The summed E-state index contributed by atoms with van der Waals surface area (Å²) in [7, 11) is 1.99. The number of benzene rings is 3. The van der Waals surface area contributed by atoms with Crippen LogP contribution in [0.25, 0.3) is 0 Å². The minimum Gasteiger partial charge on any atom is -0.490 e. The number of likely N-dealkylation sites (N-methyl/N-ethyl adjacent to an activating group) is 1. The van der Waals surface area contributed by atoms with Crippen molar-refractivity contribution in [2.75, 3.05) is 44.0 Å². The molecular formula is C37H48N4O7. The van der Waals surface area contributed by atoms with Gasteiger partial charge in [0.2, 0.25) is 0 Å². The summed E-state index contributed by atoms with van der Waals surface area (Å²) in [6.07, 6.45) is 2.10. The normalized spacial score (nSPS) is 19.8. The molecule has 1 heterocycles. The van der Waals surface area contributed by atoms with Crippen LogP contribution in [0.1, 0.15) is 66.3 Å². The van der Waals surface area contributed by atoms with Gasteiger partial charge in [-0.3, -0.25) is 9.69 Å². The second-order valence-corrected chi connectivity index (χ2v) is 12.7. The van der Waals surface area contributed by atoms with Crippen LogP contribution in [0.3, 0.4) is 0 Å². The summed E-state index contributed by atoms with van der Waals surface area (Å²) in [6, 6.07) is 20.0. The molecule has 258 valence electrons. The zero-order chi connectivity index (χ0) is 34.6. The second-order valence-electron chi connectivity index (χ2n) is 12.7. The first kappa shape index (κ1) is 36.4. The van der Waals surface area contributed by atoms with Crippen LogP contribution in [0.2, 0.25) is 0 Å². The maximum absolute atomic E-state index is 14.3. The Morgan fingerprint density at radius 2 is 1.71 bits per heavy atom. The first-order valence-corrected chi connectivity index (χ1v) is 16.5. The number of aliphatic hydroxyl groups is 1. The van der Waals surface area contributed by atoms with Gasteiger partial charge in [0.15, 0.2) is 0 Å². The van der Waals surface area contributed by atoms with Crippen LogP contribution in [0.4, 0.5) is 16.2 Å². The molecule has 0 saturated carbocycles.